The second-order valence-electron chi connectivity index (χ2n) is 5.84. The molecule has 0 spiro atoms. The van der Waals surface area contributed by atoms with E-state index in [1.54, 1.807) is 20.3 Å². The number of aryl methyl sites for hydroxylation is 1. The first-order valence-corrected chi connectivity index (χ1v) is 7.15. The molecule has 118 valence electrons. The summed E-state index contributed by atoms with van der Waals surface area (Å²) in [5.41, 5.74) is 1.74. The van der Waals surface area contributed by atoms with Gasteiger partial charge >= 0.3 is 0 Å². The minimum atomic E-state index is -0.406. The maximum absolute atomic E-state index is 12.5. The Labute approximate surface area is 130 Å². The molecule has 1 aromatic heterocycles. The predicted octanol–water partition coefficient (Wildman–Crippen LogP) is 2.71. The topological polar surface area (TPSA) is 60.5 Å². The van der Waals surface area contributed by atoms with Crippen LogP contribution in [0.3, 0.4) is 0 Å². The Balaban J connectivity index is 2.36. The minimum Gasteiger partial charge on any atom is -0.497 e. The second-order valence-corrected chi connectivity index (χ2v) is 5.84. The van der Waals surface area contributed by atoms with Crippen LogP contribution in [0, 0.1) is 6.92 Å². The molecule has 1 heterocycles. The van der Waals surface area contributed by atoms with E-state index < -0.39 is 5.60 Å². The van der Waals surface area contributed by atoms with Gasteiger partial charge in [-0.05, 0) is 39.0 Å². The molecule has 22 heavy (non-hydrogen) atoms. The first-order valence-electron chi connectivity index (χ1n) is 7.15. The van der Waals surface area contributed by atoms with Gasteiger partial charge in [-0.3, -0.25) is 9.78 Å². The van der Waals surface area contributed by atoms with Crippen LogP contribution in [0.2, 0.25) is 0 Å². The first kappa shape index (κ1) is 16.2. The molecular formula is C17H22N2O3. The molecule has 0 aliphatic rings. The van der Waals surface area contributed by atoms with Crippen LogP contribution in [-0.4, -0.2) is 37.3 Å². The third-order valence-corrected chi connectivity index (χ3v) is 3.62. The zero-order valence-electron chi connectivity index (χ0n) is 13.7. The summed E-state index contributed by atoms with van der Waals surface area (Å²) in [6.45, 7) is 6.15. The largest absolute Gasteiger partial charge is 0.497 e. The van der Waals surface area contributed by atoms with Gasteiger partial charge in [0.25, 0.3) is 5.91 Å². The van der Waals surface area contributed by atoms with E-state index in [0.29, 0.717) is 12.1 Å². The molecule has 1 amide bonds. The number of carbonyl (C=O) groups is 1. The van der Waals surface area contributed by atoms with E-state index in [4.69, 9.17) is 9.47 Å². The van der Waals surface area contributed by atoms with Crippen molar-refractivity contribution in [3.63, 3.8) is 0 Å². The van der Waals surface area contributed by atoms with Crippen LogP contribution in [0.4, 0.5) is 0 Å². The van der Waals surface area contributed by atoms with Gasteiger partial charge in [0.15, 0.2) is 0 Å². The van der Waals surface area contributed by atoms with Gasteiger partial charge in [0.2, 0.25) is 0 Å². The molecule has 0 unspecified atom stereocenters. The summed E-state index contributed by atoms with van der Waals surface area (Å²) >= 11 is 0. The van der Waals surface area contributed by atoms with Gasteiger partial charge in [-0.1, -0.05) is 0 Å². The van der Waals surface area contributed by atoms with Crippen molar-refractivity contribution in [2.45, 2.75) is 26.4 Å². The highest BCUT2D eigenvalue weighted by molar-refractivity contribution is 6.06. The monoisotopic (exact) mass is 302 g/mol. The molecule has 0 bridgehead atoms. The van der Waals surface area contributed by atoms with E-state index in [1.807, 2.05) is 39.0 Å². The molecule has 0 atom stereocenters. The molecule has 0 saturated heterocycles. The molecule has 1 N–H and O–H groups in total. The number of amides is 1. The van der Waals surface area contributed by atoms with Gasteiger partial charge in [-0.2, -0.15) is 0 Å². The van der Waals surface area contributed by atoms with E-state index in [-0.39, 0.29) is 5.91 Å². The average Bonchev–Trinajstić information content (AvgIpc) is 2.51. The lowest BCUT2D eigenvalue weighted by Gasteiger charge is -2.23. The second kappa shape index (κ2) is 6.32. The number of ether oxygens (including phenoxy) is 2. The van der Waals surface area contributed by atoms with Crippen molar-refractivity contribution in [2.24, 2.45) is 0 Å². The number of benzene rings is 1. The Bertz CT molecular complexity index is 696. The highest BCUT2D eigenvalue weighted by Gasteiger charge is 2.19. The summed E-state index contributed by atoms with van der Waals surface area (Å²) < 4.78 is 10.5. The van der Waals surface area contributed by atoms with Crippen molar-refractivity contribution >= 4 is 16.8 Å². The van der Waals surface area contributed by atoms with Crippen molar-refractivity contribution in [1.29, 1.82) is 0 Å². The minimum absolute atomic E-state index is 0.134. The quantitative estimate of drug-likeness (QED) is 0.922. The fourth-order valence-electron chi connectivity index (χ4n) is 2.12. The first-order chi connectivity index (χ1) is 10.4. The standard InChI is InChI=1S/C17H22N2O3/c1-11-8-14(16(20)18-10-17(2,3)22-5)13-7-6-12(21-4)9-15(13)19-11/h6-9H,10H2,1-5H3,(H,18,20). The van der Waals surface area contributed by atoms with Gasteiger partial charge in [-0.15, -0.1) is 0 Å². The van der Waals surface area contributed by atoms with Crippen molar-refractivity contribution in [3.05, 3.63) is 35.5 Å². The van der Waals surface area contributed by atoms with E-state index in [9.17, 15) is 4.79 Å². The summed E-state index contributed by atoms with van der Waals surface area (Å²) in [6.07, 6.45) is 0. The molecular weight excluding hydrogens is 280 g/mol. The number of carbonyl (C=O) groups excluding carboxylic acids is 1. The van der Waals surface area contributed by atoms with Crippen LogP contribution < -0.4 is 10.1 Å². The number of pyridine rings is 1. The predicted molar refractivity (Wildman–Crippen MR) is 86.5 cm³/mol. The summed E-state index contributed by atoms with van der Waals surface area (Å²) in [6, 6.07) is 7.31. The SMILES string of the molecule is COc1ccc2c(C(=O)NCC(C)(C)OC)cc(C)nc2c1. The Kier molecular flexibility index (Phi) is 4.66. The highest BCUT2D eigenvalue weighted by atomic mass is 16.5. The van der Waals surface area contributed by atoms with Crippen LogP contribution in [-0.2, 0) is 4.74 Å². The van der Waals surface area contributed by atoms with Crippen molar-refractivity contribution in [2.75, 3.05) is 20.8 Å². The number of nitrogens with zero attached hydrogens (tertiary/aromatic N) is 1. The molecule has 2 aromatic rings. The number of fused-ring (bicyclic) bond motifs is 1. The number of aromatic nitrogens is 1. The lowest BCUT2D eigenvalue weighted by molar-refractivity contribution is 0.0229. The number of nitrogens with one attached hydrogen (secondary N) is 1. The number of hydrogen-bond donors (Lipinski definition) is 1. The fraction of sp³-hybridized carbons (Fsp3) is 0.412. The molecule has 1 aromatic carbocycles. The fourth-order valence-corrected chi connectivity index (χ4v) is 2.12. The van der Waals surface area contributed by atoms with Crippen LogP contribution in [0.25, 0.3) is 10.9 Å². The van der Waals surface area contributed by atoms with Gasteiger partial charge < -0.3 is 14.8 Å². The van der Waals surface area contributed by atoms with Crippen molar-refractivity contribution in [3.8, 4) is 5.75 Å². The number of methoxy groups -OCH3 is 2. The highest BCUT2D eigenvalue weighted by Crippen LogP contribution is 2.23. The molecule has 0 saturated carbocycles. The maximum Gasteiger partial charge on any atom is 0.252 e. The van der Waals surface area contributed by atoms with Gasteiger partial charge in [0.05, 0.1) is 23.8 Å². The molecule has 0 radical (unpaired) electrons. The molecule has 0 fully saturated rings. The lowest BCUT2D eigenvalue weighted by atomic mass is 10.1. The average molecular weight is 302 g/mol. The summed E-state index contributed by atoms with van der Waals surface area (Å²) in [4.78, 5) is 17.0. The van der Waals surface area contributed by atoms with Crippen LogP contribution in [0.5, 0.6) is 5.75 Å². The third-order valence-electron chi connectivity index (χ3n) is 3.62. The van der Waals surface area contributed by atoms with E-state index >= 15 is 0 Å². The molecule has 5 heteroatoms. The molecule has 5 nitrogen and oxygen atoms in total. The van der Waals surface area contributed by atoms with Crippen LogP contribution in [0.1, 0.15) is 29.9 Å². The van der Waals surface area contributed by atoms with Crippen molar-refractivity contribution < 1.29 is 14.3 Å². The van der Waals surface area contributed by atoms with Crippen molar-refractivity contribution in [1.82, 2.24) is 10.3 Å². The zero-order chi connectivity index (χ0) is 16.3. The Morgan fingerprint density at radius 1 is 1.27 bits per heavy atom. The summed E-state index contributed by atoms with van der Waals surface area (Å²) in [5, 5.41) is 3.72. The van der Waals surface area contributed by atoms with E-state index in [0.717, 1.165) is 22.3 Å². The van der Waals surface area contributed by atoms with E-state index in [1.165, 1.54) is 0 Å². The smallest absolute Gasteiger partial charge is 0.252 e. The zero-order valence-corrected chi connectivity index (χ0v) is 13.7. The summed E-state index contributed by atoms with van der Waals surface area (Å²) in [5.74, 6) is 0.586. The van der Waals surface area contributed by atoms with Gasteiger partial charge in [0, 0.05) is 30.8 Å². The third kappa shape index (κ3) is 3.54. The Morgan fingerprint density at radius 2 is 2.00 bits per heavy atom. The van der Waals surface area contributed by atoms with E-state index in [2.05, 4.69) is 10.3 Å². The normalized spacial score (nSPS) is 11.5. The van der Waals surface area contributed by atoms with Crippen LogP contribution in [0.15, 0.2) is 24.3 Å². The number of hydrogen-bond acceptors (Lipinski definition) is 4. The maximum atomic E-state index is 12.5. The Hall–Kier alpha value is -2.14. The number of rotatable bonds is 5. The Morgan fingerprint density at radius 3 is 2.64 bits per heavy atom. The molecule has 2 rings (SSSR count). The van der Waals surface area contributed by atoms with Gasteiger partial charge in [0.1, 0.15) is 5.75 Å². The lowest BCUT2D eigenvalue weighted by Crippen LogP contribution is -2.39. The molecule has 0 aliphatic carbocycles. The van der Waals surface area contributed by atoms with Gasteiger partial charge in [-0.25, -0.2) is 0 Å². The summed E-state index contributed by atoms with van der Waals surface area (Å²) in [7, 11) is 3.24. The van der Waals surface area contributed by atoms with Crippen LogP contribution >= 0.6 is 0 Å². The molecule has 0 aliphatic heterocycles.